The van der Waals surface area contributed by atoms with E-state index in [2.05, 4.69) is 15.9 Å². The van der Waals surface area contributed by atoms with Crippen molar-refractivity contribution in [3.8, 4) is 17.2 Å². The summed E-state index contributed by atoms with van der Waals surface area (Å²) in [5, 5.41) is 0. The van der Waals surface area contributed by atoms with Gasteiger partial charge in [-0.3, -0.25) is 4.79 Å². The fourth-order valence-corrected chi connectivity index (χ4v) is 3.35. The topological polar surface area (TPSA) is 44.8 Å². The van der Waals surface area contributed by atoms with E-state index in [1.54, 1.807) is 14.2 Å². The number of carbonyl (C=O) groups excluding carboxylic acids is 1. The fourth-order valence-electron chi connectivity index (χ4n) is 2.69. The van der Waals surface area contributed by atoms with Crippen molar-refractivity contribution in [3.63, 3.8) is 0 Å². The maximum Gasteiger partial charge on any atom is 0.184 e. The number of ether oxygens (including phenoxy) is 3. The van der Waals surface area contributed by atoms with Crippen LogP contribution in [0.2, 0.25) is 0 Å². The van der Waals surface area contributed by atoms with Crippen LogP contribution in [0.1, 0.15) is 27.6 Å². The molecule has 2 aromatic rings. The van der Waals surface area contributed by atoms with Crippen molar-refractivity contribution in [2.75, 3.05) is 14.2 Å². The first kappa shape index (κ1) is 15.9. The number of benzene rings is 2. The minimum atomic E-state index is -0.449. The van der Waals surface area contributed by atoms with E-state index in [1.165, 1.54) is 0 Å². The zero-order chi connectivity index (χ0) is 16.6. The molecule has 23 heavy (non-hydrogen) atoms. The van der Waals surface area contributed by atoms with E-state index in [1.807, 2.05) is 43.3 Å². The van der Waals surface area contributed by atoms with Gasteiger partial charge in [-0.1, -0.05) is 33.6 Å². The van der Waals surface area contributed by atoms with E-state index in [0.717, 1.165) is 11.1 Å². The molecule has 1 aliphatic rings. The molecular weight excluding hydrogens is 360 g/mol. The molecule has 0 aromatic heterocycles. The normalized spacial score (nSPS) is 19.7. The summed E-state index contributed by atoms with van der Waals surface area (Å²) in [5.41, 5.74) is 2.50. The van der Waals surface area contributed by atoms with Crippen molar-refractivity contribution in [3.05, 3.63) is 53.1 Å². The van der Waals surface area contributed by atoms with Crippen molar-refractivity contribution in [2.45, 2.75) is 17.9 Å². The Morgan fingerprint density at radius 1 is 1.04 bits per heavy atom. The molecule has 3 rings (SSSR count). The third-order valence-electron chi connectivity index (χ3n) is 3.91. The molecule has 2 aromatic carbocycles. The molecule has 0 amide bonds. The van der Waals surface area contributed by atoms with Gasteiger partial charge in [-0.15, -0.1) is 0 Å². The van der Waals surface area contributed by atoms with Crippen LogP contribution in [0.15, 0.2) is 36.4 Å². The lowest BCUT2D eigenvalue weighted by atomic mass is 9.95. The van der Waals surface area contributed by atoms with Gasteiger partial charge >= 0.3 is 0 Å². The van der Waals surface area contributed by atoms with Crippen LogP contribution in [0.4, 0.5) is 0 Å². The summed E-state index contributed by atoms with van der Waals surface area (Å²) in [6.45, 7) is 1.96. The van der Waals surface area contributed by atoms with Gasteiger partial charge in [0.05, 0.1) is 19.8 Å². The molecule has 1 heterocycles. The maximum atomic E-state index is 12.6. The van der Waals surface area contributed by atoms with Crippen LogP contribution in [-0.2, 0) is 0 Å². The van der Waals surface area contributed by atoms with Crippen molar-refractivity contribution in [1.29, 1.82) is 0 Å². The molecule has 0 radical (unpaired) electrons. The van der Waals surface area contributed by atoms with Crippen LogP contribution in [-0.4, -0.2) is 24.8 Å². The van der Waals surface area contributed by atoms with Gasteiger partial charge in [-0.05, 0) is 36.8 Å². The van der Waals surface area contributed by atoms with Crippen LogP contribution in [0.25, 0.3) is 0 Å². The van der Waals surface area contributed by atoms with E-state index in [4.69, 9.17) is 14.2 Å². The highest BCUT2D eigenvalue weighted by atomic mass is 79.9. The first-order chi connectivity index (χ1) is 11.0. The highest BCUT2D eigenvalue weighted by Crippen LogP contribution is 2.41. The number of hydrogen-bond acceptors (Lipinski definition) is 4. The van der Waals surface area contributed by atoms with E-state index < -0.39 is 10.9 Å². The summed E-state index contributed by atoms with van der Waals surface area (Å²) in [6.07, 6.45) is -0.419. The number of rotatable bonds is 3. The second-order valence-corrected chi connectivity index (χ2v) is 6.41. The summed E-state index contributed by atoms with van der Waals surface area (Å²) in [4.78, 5) is 12.2. The molecule has 120 valence electrons. The van der Waals surface area contributed by atoms with Crippen LogP contribution >= 0.6 is 15.9 Å². The zero-order valence-corrected chi connectivity index (χ0v) is 14.7. The van der Waals surface area contributed by atoms with Crippen molar-refractivity contribution in [1.82, 2.24) is 0 Å². The lowest BCUT2D eigenvalue weighted by molar-refractivity contribution is 0.0872. The molecule has 0 spiro atoms. The highest BCUT2D eigenvalue weighted by Gasteiger charge is 2.36. The average molecular weight is 377 g/mol. The molecule has 5 heteroatoms. The van der Waals surface area contributed by atoms with Gasteiger partial charge in [-0.25, -0.2) is 0 Å². The number of Topliss-reactive ketones (excluding diaryl/α,β-unsaturated/α-hetero) is 1. The predicted octanol–water partition coefficient (Wildman–Crippen LogP) is 4.09. The number of fused-ring (bicyclic) bond motifs is 1. The molecular formula is C18H17BrO4. The molecule has 0 N–H and O–H groups in total. The molecule has 0 saturated carbocycles. The van der Waals surface area contributed by atoms with Crippen molar-refractivity contribution >= 4 is 21.7 Å². The van der Waals surface area contributed by atoms with Crippen molar-refractivity contribution in [2.24, 2.45) is 0 Å². The third-order valence-corrected chi connectivity index (χ3v) is 4.80. The summed E-state index contributed by atoms with van der Waals surface area (Å²) in [5.74, 6) is 1.88. The maximum absolute atomic E-state index is 12.6. The Morgan fingerprint density at radius 2 is 1.78 bits per heavy atom. The van der Waals surface area contributed by atoms with E-state index in [9.17, 15) is 4.79 Å². The van der Waals surface area contributed by atoms with E-state index in [-0.39, 0.29) is 5.78 Å². The highest BCUT2D eigenvalue weighted by molar-refractivity contribution is 9.10. The van der Waals surface area contributed by atoms with Gasteiger partial charge in [0.15, 0.2) is 17.3 Å². The van der Waals surface area contributed by atoms with Gasteiger partial charge < -0.3 is 14.2 Å². The minimum absolute atomic E-state index is 0.0229. The van der Waals surface area contributed by atoms with Gasteiger partial charge in [0.25, 0.3) is 0 Å². The Morgan fingerprint density at radius 3 is 2.48 bits per heavy atom. The zero-order valence-electron chi connectivity index (χ0n) is 13.1. The third kappa shape index (κ3) is 2.81. The van der Waals surface area contributed by atoms with Gasteiger partial charge in [-0.2, -0.15) is 0 Å². The SMILES string of the molecule is COc1ccc([C@@H]2Oc3ccc(C)cc3C(=O)[C@H]2Br)cc1OC. The Labute approximate surface area is 143 Å². The number of hydrogen-bond donors (Lipinski definition) is 0. The first-order valence-electron chi connectivity index (χ1n) is 7.22. The van der Waals surface area contributed by atoms with Crippen LogP contribution in [0.5, 0.6) is 17.2 Å². The quantitative estimate of drug-likeness (QED) is 0.756. The number of aryl methyl sites for hydroxylation is 1. The molecule has 0 unspecified atom stereocenters. The second-order valence-electron chi connectivity index (χ2n) is 5.42. The molecule has 4 nitrogen and oxygen atoms in total. The summed E-state index contributed by atoms with van der Waals surface area (Å²) < 4.78 is 16.7. The molecule has 1 aliphatic heterocycles. The van der Waals surface area contributed by atoms with Gasteiger partial charge in [0.1, 0.15) is 16.7 Å². The lowest BCUT2D eigenvalue weighted by Gasteiger charge is -2.30. The molecule has 0 fully saturated rings. The second kappa shape index (κ2) is 6.24. The summed E-state index contributed by atoms with van der Waals surface area (Å²) in [7, 11) is 3.17. The molecule has 0 saturated heterocycles. The van der Waals surface area contributed by atoms with Crippen LogP contribution in [0, 0.1) is 6.92 Å². The minimum Gasteiger partial charge on any atom is -0.493 e. The monoisotopic (exact) mass is 376 g/mol. The van der Waals surface area contributed by atoms with Crippen LogP contribution in [0.3, 0.4) is 0 Å². The summed E-state index contributed by atoms with van der Waals surface area (Å²) >= 11 is 3.49. The van der Waals surface area contributed by atoms with E-state index >= 15 is 0 Å². The number of ketones is 1. The Bertz CT molecular complexity index is 757. The standard InChI is InChI=1S/C18H17BrO4/c1-10-4-6-13-12(8-10)17(20)16(19)18(23-13)11-5-7-14(21-2)15(9-11)22-3/h4-9,16,18H,1-3H3/t16-,18+/m1/s1. The smallest absolute Gasteiger partial charge is 0.184 e. The van der Waals surface area contributed by atoms with Crippen molar-refractivity contribution < 1.29 is 19.0 Å². The van der Waals surface area contributed by atoms with E-state index in [0.29, 0.717) is 22.8 Å². The van der Waals surface area contributed by atoms with Gasteiger partial charge in [0.2, 0.25) is 0 Å². The largest absolute Gasteiger partial charge is 0.493 e. The molecule has 0 aliphatic carbocycles. The summed E-state index contributed by atoms with van der Waals surface area (Å²) in [6, 6.07) is 11.2. The Balaban J connectivity index is 2.01. The van der Waals surface area contributed by atoms with Gasteiger partial charge in [0, 0.05) is 0 Å². The fraction of sp³-hybridized carbons (Fsp3) is 0.278. The molecule has 2 atom stereocenters. The number of halogens is 1. The average Bonchev–Trinajstić information content (AvgIpc) is 2.58. The van der Waals surface area contributed by atoms with Crippen LogP contribution < -0.4 is 14.2 Å². The number of methoxy groups -OCH3 is 2. The number of carbonyl (C=O) groups is 1. The first-order valence-corrected chi connectivity index (χ1v) is 8.14. The Hall–Kier alpha value is -2.01. The predicted molar refractivity (Wildman–Crippen MR) is 91.1 cm³/mol. The number of alkyl halides is 1. The Kier molecular flexibility index (Phi) is 4.31. The molecule has 0 bridgehead atoms. The lowest BCUT2D eigenvalue weighted by Crippen LogP contribution is -2.32.